The second-order valence-electron chi connectivity index (χ2n) is 3.47. The summed E-state index contributed by atoms with van der Waals surface area (Å²) in [4.78, 5) is 14.6. The van der Waals surface area contributed by atoms with Gasteiger partial charge in [-0.1, -0.05) is 18.2 Å². The maximum Gasteiger partial charge on any atom is 0.358 e. The minimum atomic E-state index is -1.11. The molecule has 0 saturated carbocycles. The Hall–Kier alpha value is -2.14. The Bertz CT molecular complexity index is 533. The summed E-state index contributed by atoms with van der Waals surface area (Å²) >= 11 is 0. The summed E-state index contributed by atoms with van der Waals surface area (Å²) in [6.45, 7) is 0.463. The van der Waals surface area contributed by atoms with Crippen LogP contribution < -0.4 is 0 Å². The van der Waals surface area contributed by atoms with E-state index in [1.54, 1.807) is 13.2 Å². The highest BCUT2D eigenvalue weighted by atomic mass is 16.5. The molecule has 17 heavy (non-hydrogen) atoms. The van der Waals surface area contributed by atoms with Crippen LogP contribution in [0, 0.1) is 0 Å². The fourth-order valence-corrected chi connectivity index (χ4v) is 1.57. The first-order valence-electron chi connectivity index (χ1n) is 4.97. The first-order valence-corrected chi connectivity index (χ1v) is 4.97. The number of carboxylic acid groups (broad SMARTS) is 1. The minimum Gasteiger partial charge on any atom is -0.476 e. The Kier molecular flexibility index (Phi) is 3.20. The van der Waals surface area contributed by atoms with Gasteiger partial charge in [0.1, 0.15) is 0 Å². The van der Waals surface area contributed by atoms with Crippen molar-refractivity contribution >= 4 is 5.97 Å². The molecule has 0 aliphatic heterocycles. The summed E-state index contributed by atoms with van der Waals surface area (Å²) in [5.74, 6) is -0.846. The van der Waals surface area contributed by atoms with Crippen molar-refractivity contribution in [3.05, 3.63) is 41.9 Å². The smallest absolute Gasteiger partial charge is 0.358 e. The van der Waals surface area contributed by atoms with E-state index in [2.05, 4.69) is 4.98 Å². The minimum absolute atomic E-state index is 0.0837. The average Bonchev–Trinajstić information content (AvgIpc) is 2.79. The van der Waals surface area contributed by atoms with Crippen molar-refractivity contribution in [2.75, 3.05) is 7.11 Å². The van der Waals surface area contributed by atoms with Crippen LogP contribution in [0.4, 0.5) is 0 Å². The van der Waals surface area contributed by atoms with Gasteiger partial charge in [0.2, 0.25) is 0 Å². The first kappa shape index (κ1) is 11.3. The normalized spacial score (nSPS) is 10.4. The SMILES string of the molecule is COCc1cccc(-c2ocnc2C(=O)O)c1. The zero-order valence-electron chi connectivity index (χ0n) is 9.21. The second kappa shape index (κ2) is 4.80. The van der Waals surface area contributed by atoms with Crippen molar-refractivity contribution in [1.29, 1.82) is 0 Å². The van der Waals surface area contributed by atoms with Crippen LogP contribution in [-0.4, -0.2) is 23.2 Å². The molecular formula is C12H11NO4. The number of hydrogen-bond donors (Lipinski definition) is 1. The highest BCUT2D eigenvalue weighted by Gasteiger charge is 2.17. The van der Waals surface area contributed by atoms with E-state index >= 15 is 0 Å². The molecule has 2 rings (SSSR count). The third-order valence-corrected chi connectivity index (χ3v) is 2.27. The number of hydrogen-bond acceptors (Lipinski definition) is 4. The molecule has 0 saturated heterocycles. The van der Waals surface area contributed by atoms with Gasteiger partial charge in [-0.25, -0.2) is 9.78 Å². The lowest BCUT2D eigenvalue weighted by molar-refractivity contribution is 0.0691. The van der Waals surface area contributed by atoms with Crippen molar-refractivity contribution in [1.82, 2.24) is 4.98 Å². The predicted molar refractivity (Wildman–Crippen MR) is 59.6 cm³/mol. The van der Waals surface area contributed by atoms with Crippen molar-refractivity contribution in [3.63, 3.8) is 0 Å². The van der Waals surface area contributed by atoms with E-state index in [1.807, 2.05) is 18.2 Å². The number of nitrogens with zero attached hydrogens (tertiary/aromatic N) is 1. The fourth-order valence-electron chi connectivity index (χ4n) is 1.57. The van der Waals surface area contributed by atoms with Gasteiger partial charge in [0.15, 0.2) is 17.8 Å². The van der Waals surface area contributed by atoms with Gasteiger partial charge in [-0.3, -0.25) is 0 Å². The largest absolute Gasteiger partial charge is 0.476 e. The summed E-state index contributed by atoms with van der Waals surface area (Å²) in [6, 6.07) is 7.30. The molecule has 0 radical (unpaired) electrons. The maximum atomic E-state index is 10.9. The first-order chi connectivity index (χ1) is 8.22. The lowest BCUT2D eigenvalue weighted by atomic mass is 10.1. The Morgan fingerprint density at radius 3 is 3.06 bits per heavy atom. The number of oxazole rings is 1. The lowest BCUT2D eigenvalue weighted by Crippen LogP contribution is -1.98. The molecule has 0 amide bonds. The quantitative estimate of drug-likeness (QED) is 0.876. The van der Waals surface area contributed by atoms with Gasteiger partial charge in [0, 0.05) is 12.7 Å². The number of methoxy groups -OCH3 is 1. The number of aromatic nitrogens is 1. The van der Waals surface area contributed by atoms with E-state index in [9.17, 15) is 4.79 Å². The molecule has 0 aliphatic rings. The predicted octanol–water partition coefficient (Wildman–Crippen LogP) is 2.19. The van der Waals surface area contributed by atoms with E-state index in [0.717, 1.165) is 12.0 Å². The molecule has 0 spiro atoms. The average molecular weight is 233 g/mol. The number of rotatable bonds is 4. The second-order valence-corrected chi connectivity index (χ2v) is 3.47. The molecule has 1 aromatic heterocycles. The van der Waals surface area contributed by atoms with Gasteiger partial charge in [0.25, 0.3) is 0 Å². The van der Waals surface area contributed by atoms with E-state index in [1.165, 1.54) is 0 Å². The number of ether oxygens (including phenoxy) is 1. The van der Waals surface area contributed by atoms with Gasteiger partial charge >= 0.3 is 5.97 Å². The summed E-state index contributed by atoms with van der Waals surface area (Å²) in [5.41, 5.74) is 1.53. The summed E-state index contributed by atoms with van der Waals surface area (Å²) in [5, 5.41) is 8.94. The standard InChI is InChI=1S/C12H11NO4/c1-16-6-8-3-2-4-9(5-8)11-10(12(14)15)13-7-17-11/h2-5,7H,6H2,1H3,(H,14,15). The molecule has 1 heterocycles. The Labute approximate surface area is 97.7 Å². The van der Waals surface area contributed by atoms with Gasteiger partial charge in [-0.2, -0.15) is 0 Å². The number of carbonyl (C=O) groups is 1. The van der Waals surface area contributed by atoms with Crippen LogP contribution >= 0.6 is 0 Å². The molecule has 1 aromatic carbocycles. The molecule has 5 nitrogen and oxygen atoms in total. The van der Waals surface area contributed by atoms with Crippen molar-refractivity contribution in [2.24, 2.45) is 0 Å². The molecule has 1 N–H and O–H groups in total. The molecular weight excluding hydrogens is 222 g/mol. The molecule has 0 aliphatic carbocycles. The van der Waals surface area contributed by atoms with Crippen molar-refractivity contribution < 1.29 is 19.1 Å². The van der Waals surface area contributed by atoms with Crippen LogP contribution in [0.1, 0.15) is 16.1 Å². The van der Waals surface area contributed by atoms with E-state index in [0.29, 0.717) is 12.2 Å². The Morgan fingerprint density at radius 2 is 2.35 bits per heavy atom. The van der Waals surface area contributed by atoms with Crippen molar-refractivity contribution in [3.8, 4) is 11.3 Å². The van der Waals surface area contributed by atoms with Crippen LogP contribution in [0.5, 0.6) is 0 Å². The van der Waals surface area contributed by atoms with Gasteiger partial charge in [0.05, 0.1) is 6.61 Å². The van der Waals surface area contributed by atoms with Crippen LogP contribution in [0.25, 0.3) is 11.3 Å². The number of aromatic carboxylic acids is 1. The molecule has 0 bridgehead atoms. The molecule has 0 unspecified atom stereocenters. The monoisotopic (exact) mass is 233 g/mol. The molecule has 0 fully saturated rings. The van der Waals surface area contributed by atoms with Crippen molar-refractivity contribution in [2.45, 2.75) is 6.61 Å². The van der Waals surface area contributed by atoms with Crippen LogP contribution in [0.3, 0.4) is 0 Å². The van der Waals surface area contributed by atoms with Gasteiger partial charge in [-0.15, -0.1) is 0 Å². The third-order valence-electron chi connectivity index (χ3n) is 2.27. The molecule has 0 atom stereocenters. The fraction of sp³-hybridized carbons (Fsp3) is 0.167. The molecule has 2 aromatic rings. The van der Waals surface area contributed by atoms with Gasteiger partial charge in [-0.05, 0) is 11.6 Å². The maximum absolute atomic E-state index is 10.9. The van der Waals surface area contributed by atoms with E-state index in [4.69, 9.17) is 14.3 Å². The zero-order chi connectivity index (χ0) is 12.3. The number of benzene rings is 1. The van der Waals surface area contributed by atoms with Crippen LogP contribution in [0.2, 0.25) is 0 Å². The Morgan fingerprint density at radius 1 is 1.53 bits per heavy atom. The molecule has 5 heteroatoms. The summed E-state index contributed by atoms with van der Waals surface area (Å²) < 4.78 is 10.1. The third kappa shape index (κ3) is 2.34. The highest BCUT2D eigenvalue weighted by Crippen LogP contribution is 2.24. The zero-order valence-corrected chi connectivity index (χ0v) is 9.21. The van der Waals surface area contributed by atoms with E-state index in [-0.39, 0.29) is 11.5 Å². The highest BCUT2D eigenvalue weighted by molar-refractivity contribution is 5.92. The Balaban J connectivity index is 2.42. The molecule has 88 valence electrons. The summed E-state index contributed by atoms with van der Waals surface area (Å²) in [6.07, 6.45) is 1.13. The topological polar surface area (TPSA) is 72.6 Å². The number of carboxylic acids is 1. The van der Waals surface area contributed by atoms with Crippen LogP contribution in [-0.2, 0) is 11.3 Å². The van der Waals surface area contributed by atoms with E-state index < -0.39 is 5.97 Å². The van der Waals surface area contributed by atoms with Gasteiger partial charge < -0.3 is 14.3 Å². The lowest BCUT2D eigenvalue weighted by Gasteiger charge is -2.02. The summed E-state index contributed by atoms with van der Waals surface area (Å²) in [7, 11) is 1.60. The van der Waals surface area contributed by atoms with Crippen LogP contribution in [0.15, 0.2) is 35.1 Å².